The zero-order valence-corrected chi connectivity index (χ0v) is 36.3. The molecule has 0 radical (unpaired) electrons. The molecule has 12 rings (SSSR count). The lowest BCUT2D eigenvalue weighted by atomic mass is 9.79. The summed E-state index contributed by atoms with van der Waals surface area (Å²) in [6, 6.07) is 74.3. The lowest BCUT2D eigenvalue weighted by Gasteiger charge is -2.27. The normalized spacial score (nSPS) is 13.5. The minimum atomic E-state index is -0.0936. The van der Waals surface area contributed by atoms with E-state index < -0.39 is 0 Å². The van der Waals surface area contributed by atoms with Gasteiger partial charge in [-0.3, -0.25) is 0 Å². The Morgan fingerprint density at radius 3 is 1.90 bits per heavy atom. The summed E-state index contributed by atoms with van der Waals surface area (Å²) in [6.45, 7) is 4.74. The first-order valence-electron chi connectivity index (χ1n) is 22.1. The van der Waals surface area contributed by atoms with E-state index in [1.165, 1.54) is 98.1 Å². The second kappa shape index (κ2) is 15.0. The predicted octanol–water partition coefficient (Wildman–Crippen LogP) is 17.5. The average molecular weight is 824 g/mol. The van der Waals surface area contributed by atoms with Gasteiger partial charge in [-0.25, -0.2) is 0 Å². The summed E-state index contributed by atoms with van der Waals surface area (Å²) in [5.74, 6) is 0. The fraction of sp³-hybridized carbons (Fsp3) is 0.0820. The molecule has 63 heavy (non-hydrogen) atoms. The highest BCUT2D eigenvalue weighted by molar-refractivity contribution is 7.20. The molecule has 1 nitrogen and oxygen atoms in total. The van der Waals surface area contributed by atoms with Gasteiger partial charge in [-0.05, 0) is 151 Å². The third kappa shape index (κ3) is 6.28. The molecule has 1 heterocycles. The first-order chi connectivity index (χ1) is 31.0. The highest BCUT2D eigenvalue weighted by Gasteiger charge is 2.37. The van der Waals surface area contributed by atoms with Crippen molar-refractivity contribution in [3.05, 3.63) is 228 Å². The monoisotopic (exact) mass is 823 g/mol. The molecule has 0 aliphatic heterocycles. The zero-order chi connectivity index (χ0) is 42.1. The number of allylic oxidation sites excluding steroid dienone is 1. The topological polar surface area (TPSA) is 3.24 Å². The molecule has 0 saturated heterocycles. The number of benzene rings is 9. The molecule has 0 fully saturated rings. The molecule has 0 unspecified atom stereocenters. The smallest absolute Gasteiger partial charge is 0.0467 e. The lowest BCUT2D eigenvalue weighted by molar-refractivity contribution is 0.662. The van der Waals surface area contributed by atoms with Crippen LogP contribution in [0.25, 0.3) is 82.6 Å². The number of aryl methyl sites for hydroxylation is 1. The maximum atomic E-state index is 2.42. The van der Waals surface area contributed by atoms with Crippen molar-refractivity contribution < 1.29 is 0 Å². The van der Waals surface area contributed by atoms with Crippen LogP contribution in [-0.4, -0.2) is 0 Å². The Morgan fingerprint density at radius 1 is 0.460 bits per heavy atom. The van der Waals surface area contributed by atoms with Crippen LogP contribution in [0.5, 0.6) is 0 Å². The van der Waals surface area contributed by atoms with Gasteiger partial charge in [0.15, 0.2) is 0 Å². The van der Waals surface area contributed by atoms with Crippen LogP contribution in [0.2, 0.25) is 0 Å². The van der Waals surface area contributed by atoms with E-state index in [-0.39, 0.29) is 5.41 Å². The standard InChI is InChI=1S/C61H45NS/c1-61(2)56-27-7-5-21-53(56)54-26-12-25-52(60(54)61)42-32-36-47(37-33-42)62(46-34-30-41(31-35-46)51-24-13-29-58-59(51)55-22-6-8-28-57(55)63-58)48-19-10-17-44(39-48)43-16-9-18-45(38-43)50-23-11-15-40-14-3-4-20-49(40)50/h3-5,7-21,23-39H,6,22H2,1-2H3. The van der Waals surface area contributed by atoms with E-state index in [0.717, 1.165) is 29.9 Å². The van der Waals surface area contributed by atoms with E-state index in [1.807, 2.05) is 11.3 Å². The zero-order valence-electron chi connectivity index (χ0n) is 35.5. The van der Waals surface area contributed by atoms with Crippen molar-refractivity contribution in [3.8, 4) is 55.6 Å². The van der Waals surface area contributed by atoms with Crippen molar-refractivity contribution >= 4 is 55.3 Å². The predicted molar refractivity (Wildman–Crippen MR) is 271 cm³/mol. The lowest BCUT2D eigenvalue weighted by Crippen LogP contribution is -2.16. The van der Waals surface area contributed by atoms with Crippen LogP contribution < -0.4 is 4.90 Å². The molecule has 10 aromatic rings. The van der Waals surface area contributed by atoms with Gasteiger partial charge in [0.25, 0.3) is 0 Å². The summed E-state index contributed by atoms with van der Waals surface area (Å²) in [5.41, 5.74) is 20.2. The van der Waals surface area contributed by atoms with E-state index in [4.69, 9.17) is 0 Å². The third-order valence-corrected chi connectivity index (χ3v) is 14.7. The molecule has 0 bridgehead atoms. The minimum Gasteiger partial charge on any atom is -0.310 e. The van der Waals surface area contributed by atoms with E-state index in [9.17, 15) is 0 Å². The second-order valence-corrected chi connectivity index (χ2v) is 18.6. The molecule has 2 heteroatoms. The Balaban J connectivity index is 0.960. The Hall–Kier alpha value is -7.26. The highest BCUT2D eigenvalue weighted by atomic mass is 32.1. The van der Waals surface area contributed by atoms with Crippen molar-refractivity contribution in [1.82, 2.24) is 0 Å². The van der Waals surface area contributed by atoms with Crippen LogP contribution in [-0.2, 0) is 11.8 Å². The summed E-state index contributed by atoms with van der Waals surface area (Å²) >= 11 is 1.92. The van der Waals surface area contributed by atoms with E-state index >= 15 is 0 Å². The van der Waals surface area contributed by atoms with E-state index in [1.54, 1.807) is 0 Å². The van der Waals surface area contributed by atoms with Gasteiger partial charge >= 0.3 is 0 Å². The van der Waals surface area contributed by atoms with Gasteiger partial charge in [0.05, 0.1) is 0 Å². The van der Waals surface area contributed by atoms with Crippen LogP contribution in [0.3, 0.4) is 0 Å². The van der Waals surface area contributed by atoms with Gasteiger partial charge in [0, 0.05) is 37.4 Å². The Morgan fingerprint density at radius 2 is 1.06 bits per heavy atom. The third-order valence-electron chi connectivity index (χ3n) is 13.5. The maximum Gasteiger partial charge on any atom is 0.0467 e. The maximum absolute atomic E-state index is 2.42. The highest BCUT2D eigenvalue weighted by Crippen LogP contribution is 2.52. The number of hydrogen-bond donors (Lipinski definition) is 0. The largest absolute Gasteiger partial charge is 0.310 e. The van der Waals surface area contributed by atoms with Crippen molar-refractivity contribution in [2.45, 2.75) is 32.1 Å². The molecule has 300 valence electrons. The average Bonchev–Trinajstić information content (AvgIpc) is 3.84. The number of rotatable bonds is 7. The fourth-order valence-corrected chi connectivity index (χ4v) is 11.8. The molecule has 0 spiro atoms. The summed E-state index contributed by atoms with van der Waals surface area (Å²) in [6.07, 6.45) is 6.83. The SMILES string of the molecule is CC1(C)c2ccccc2-c2cccc(-c3ccc(N(c4ccc(-c5cccc6sc7c(c56)CCC=C7)cc4)c4cccc(-c5cccc(-c6cccc7ccccc67)c5)c4)cc3)c21. The van der Waals surface area contributed by atoms with Gasteiger partial charge in [0.2, 0.25) is 0 Å². The van der Waals surface area contributed by atoms with Gasteiger partial charge < -0.3 is 4.90 Å². The molecule has 2 aliphatic rings. The molecule has 9 aromatic carbocycles. The van der Waals surface area contributed by atoms with Crippen molar-refractivity contribution in [2.24, 2.45) is 0 Å². The van der Waals surface area contributed by atoms with Crippen LogP contribution in [0, 0.1) is 0 Å². The van der Waals surface area contributed by atoms with Gasteiger partial charge in [-0.15, -0.1) is 11.3 Å². The van der Waals surface area contributed by atoms with Crippen LogP contribution in [0.15, 0.2) is 206 Å². The Kier molecular flexibility index (Phi) is 8.91. The molecular formula is C61H45NS. The number of nitrogens with zero attached hydrogens (tertiary/aromatic N) is 1. The molecule has 0 atom stereocenters. The van der Waals surface area contributed by atoms with Crippen LogP contribution in [0.1, 0.15) is 41.8 Å². The molecule has 0 N–H and O–H groups in total. The fourth-order valence-electron chi connectivity index (χ4n) is 10.6. The quantitative estimate of drug-likeness (QED) is 0.155. The number of fused-ring (bicyclic) bond motifs is 7. The van der Waals surface area contributed by atoms with Crippen molar-refractivity contribution in [2.75, 3.05) is 4.90 Å². The number of anilines is 3. The van der Waals surface area contributed by atoms with E-state index in [2.05, 4.69) is 231 Å². The van der Waals surface area contributed by atoms with Gasteiger partial charge in [0.1, 0.15) is 0 Å². The minimum absolute atomic E-state index is 0.0936. The summed E-state index contributed by atoms with van der Waals surface area (Å²) < 4.78 is 1.37. The second-order valence-electron chi connectivity index (χ2n) is 17.6. The van der Waals surface area contributed by atoms with Gasteiger partial charge in [-0.1, -0.05) is 172 Å². The van der Waals surface area contributed by atoms with Crippen molar-refractivity contribution in [1.29, 1.82) is 0 Å². The summed E-state index contributed by atoms with van der Waals surface area (Å²) in [7, 11) is 0. The van der Waals surface area contributed by atoms with E-state index in [0.29, 0.717) is 0 Å². The van der Waals surface area contributed by atoms with Crippen molar-refractivity contribution in [3.63, 3.8) is 0 Å². The molecule has 1 aromatic heterocycles. The number of hydrogen-bond acceptors (Lipinski definition) is 2. The van der Waals surface area contributed by atoms with Gasteiger partial charge in [-0.2, -0.15) is 0 Å². The van der Waals surface area contributed by atoms with Crippen LogP contribution in [0.4, 0.5) is 17.1 Å². The van der Waals surface area contributed by atoms with Crippen LogP contribution >= 0.6 is 11.3 Å². The molecular weight excluding hydrogens is 779 g/mol. The Bertz CT molecular complexity index is 3410. The summed E-state index contributed by atoms with van der Waals surface area (Å²) in [4.78, 5) is 3.82. The molecule has 0 amide bonds. The number of thiophene rings is 1. The molecule has 0 saturated carbocycles. The molecule has 2 aliphatic carbocycles. The first kappa shape index (κ1) is 37.5. The Labute approximate surface area is 373 Å². The first-order valence-corrected chi connectivity index (χ1v) is 23.0. The summed E-state index contributed by atoms with van der Waals surface area (Å²) in [5, 5.41) is 3.94.